The van der Waals surface area contributed by atoms with Crippen LogP contribution in [0.25, 0.3) is 0 Å². The standard InChI is InChI=1S/C18H27N4O4/c1-10(2)22(11(3)4)13(23)9-21-17(24)14-15(26-7)12(5)8-19-16(14)20(6)18(21)25/h8,10-11,14H,9H2,1-7H3/q+1. The van der Waals surface area contributed by atoms with E-state index in [1.165, 1.54) is 11.7 Å². The minimum atomic E-state index is -0.813. The number of allylic oxidation sites excluding steroid dienone is 1. The molecule has 2 rings (SSSR count). The van der Waals surface area contributed by atoms with Gasteiger partial charge in [0.1, 0.15) is 12.0 Å². The minimum absolute atomic E-state index is 0.0340. The lowest BCUT2D eigenvalue weighted by Gasteiger charge is -2.33. The summed E-state index contributed by atoms with van der Waals surface area (Å²) in [5.41, 5.74) is 0.717. The summed E-state index contributed by atoms with van der Waals surface area (Å²) in [6, 6.07) is -0.629. The number of hydrogen-bond donors (Lipinski definition) is 0. The van der Waals surface area contributed by atoms with Crippen molar-refractivity contribution in [2.24, 2.45) is 10.9 Å². The number of dihydropyridines is 1. The van der Waals surface area contributed by atoms with E-state index in [0.717, 1.165) is 10.5 Å². The first-order valence-electron chi connectivity index (χ1n) is 8.67. The molecule has 142 valence electrons. The number of amidine groups is 1. The van der Waals surface area contributed by atoms with Gasteiger partial charge in [-0.15, -0.1) is 4.99 Å². The highest BCUT2D eigenvalue weighted by atomic mass is 16.5. The number of imide groups is 1. The van der Waals surface area contributed by atoms with Crippen molar-refractivity contribution in [3.63, 3.8) is 0 Å². The highest BCUT2D eigenvalue weighted by Crippen LogP contribution is 2.27. The Labute approximate surface area is 153 Å². The van der Waals surface area contributed by atoms with E-state index in [9.17, 15) is 14.4 Å². The summed E-state index contributed by atoms with van der Waals surface area (Å²) in [6.45, 7) is 9.10. The van der Waals surface area contributed by atoms with Crippen molar-refractivity contribution in [2.45, 2.75) is 46.7 Å². The SMILES string of the molecule is COC1=C(C)C=NC2=[N+](C)C(=O)N(CC(=O)N(C(C)C)C(C)C)C(=O)C12. The highest BCUT2D eigenvalue weighted by Gasteiger charge is 2.51. The van der Waals surface area contributed by atoms with Crippen LogP contribution in [-0.4, -0.2) is 77.1 Å². The molecule has 0 fully saturated rings. The van der Waals surface area contributed by atoms with Crippen LogP contribution < -0.4 is 0 Å². The first-order valence-corrected chi connectivity index (χ1v) is 8.67. The molecule has 0 aromatic heterocycles. The number of rotatable bonds is 5. The number of carbonyl (C=O) groups excluding carboxylic acids is 3. The van der Waals surface area contributed by atoms with E-state index in [2.05, 4.69) is 4.99 Å². The molecule has 0 saturated heterocycles. The average molecular weight is 363 g/mol. The lowest BCUT2D eigenvalue weighted by molar-refractivity contribution is -0.408. The largest absolute Gasteiger partial charge is 0.499 e. The first-order chi connectivity index (χ1) is 12.1. The molecule has 4 amide bonds. The fourth-order valence-corrected chi connectivity index (χ4v) is 3.49. The van der Waals surface area contributed by atoms with Crippen molar-refractivity contribution in [1.82, 2.24) is 9.80 Å². The van der Waals surface area contributed by atoms with Gasteiger partial charge < -0.3 is 9.64 Å². The van der Waals surface area contributed by atoms with Crippen LogP contribution in [0.5, 0.6) is 0 Å². The van der Waals surface area contributed by atoms with E-state index in [1.807, 2.05) is 27.7 Å². The maximum Gasteiger partial charge on any atom is 0.446 e. The van der Waals surface area contributed by atoms with Gasteiger partial charge in [-0.25, -0.2) is 4.79 Å². The third-order valence-electron chi connectivity index (χ3n) is 4.59. The fourth-order valence-electron chi connectivity index (χ4n) is 3.49. The lowest BCUT2D eigenvalue weighted by atomic mass is 9.96. The molecular formula is C18H27N4O4+. The summed E-state index contributed by atoms with van der Waals surface area (Å²) in [5, 5.41) is 0. The summed E-state index contributed by atoms with van der Waals surface area (Å²) in [4.78, 5) is 45.3. The fraction of sp³-hybridized carbons (Fsp3) is 0.611. The van der Waals surface area contributed by atoms with Gasteiger partial charge in [0.05, 0.1) is 14.2 Å². The quantitative estimate of drug-likeness (QED) is 0.689. The minimum Gasteiger partial charge on any atom is -0.499 e. The zero-order valence-corrected chi connectivity index (χ0v) is 16.4. The zero-order valence-electron chi connectivity index (χ0n) is 16.4. The van der Waals surface area contributed by atoms with Crippen molar-refractivity contribution < 1.29 is 23.7 Å². The third-order valence-corrected chi connectivity index (χ3v) is 4.59. The van der Waals surface area contributed by atoms with Gasteiger partial charge in [0.2, 0.25) is 0 Å². The van der Waals surface area contributed by atoms with Crippen LogP contribution in [0, 0.1) is 5.92 Å². The predicted octanol–water partition coefficient (Wildman–Crippen LogP) is 1.26. The van der Waals surface area contributed by atoms with Gasteiger partial charge in [0, 0.05) is 17.7 Å². The second kappa shape index (κ2) is 7.39. The van der Waals surface area contributed by atoms with Crippen LogP contribution in [0.15, 0.2) is 16.3 Å². The molecule has 26 heavy (non-hydrogen) atoms. The van der Waals surface area contributed by atoms with E-state index in [0.29, 0.717) is 11.6 Å². The van der Waals surface area contributed by atoms with Gasteiger partial charge >= 0.3 is 11.9 Å². The van der Waals surface area contributed by atoms with Crippen LogP contribution in [0.2, 0.25) is 0 Å². The van der Waals surface area contributed by atoms with Gasteiger partial charge in [-0.1, -0.05) is 0 Å². The Kier molecular flexibility index (Phi) is 5.63. The molecule has 8 heteroatoms. The smallest absolute Gasteiger partial charge is 0.446 e. The molecule has 1 unspecified atom stereocenters. The molecule has 0 saturated carbocycles. The molecule has 1 atom stereocenters. The average Bonchev–Trinajstić information content (AvgIpc) is 2.55. The van der Waals surface area contributed by atoms with Gasteiger partial charge in [-0.05, 0) is 34.6 Å². The Balaban J connectivity index is 2.39. The summed E-state index contributed by atoms with van der Waals surface area (Å²) >= 11 is 0. The van der Waals surface area contributed by atoms with Crippen molar-refractivity contribution in [3.8, 4) is 0 Å². The monoisotopic (exact) mass is 363 g/mol. The molecule has 8 nitrogen and oxygen atoms in total. The zero-order chi connectivity index (χ0) is 19.8. The van der Waals surface area contributed by atoms with Gasteiger partial charge in [0.15, 0.2) is 12.5 Å². The number of urea groups is 1. The normalized spacial score (nSPS) is 20.3. The highest BCUT2D eigenvalue weighted by molar-refractivity contribution is 6.16. The molecule has 2 heterocycles. The van der Waals surface area contributed by atoms with Crippen LogP contribution in [0.4, 0.5) is 4.79 Å². The maximum absolute atomic E-state index is 13.0. The van der Waals surface area contributed by atoms with Crippen LogP contribution in [-0.2, 0) is 14.3 Å². The van der Waals surface area contributed by atoms with Crippen molar-refractivity contribution in [2.75, 3.05) is 20.7 Å². The van der Waals surface area contributed by atoms with Gasteiger partial charge in [-0.2, -0.15) is 9.48 Å². The van der Waals surface area contributed by atoms with Crippen LogP contribution >= 0.6 is 0 Å². The molecule has 2 aliphatic rings. The number of methoxy groups -OCH3 is 1. The van der Waals surface area contributed by atoms with Crippen molar-refractivity contribution in [3.05, 3.63) is 11.3 Å². The van der Waals surface area contributed by atoms with E-state index in [-0.39, 0.29) is 24.5 Å². The number of ether oxygens (including phenoxy) is 1. The number of aliphatic imine (C=N–C) groups is 1. The summed E-state index contributed by atoms with van der Waals surface area (Å²) < 4.78 is 6.69. The Hall–Kier alpha value is -2.51. The summed E-state index contributed by atoms with van der Waals surface area (Å²) in [5.74, 6) is -0.811. The number of carbonyl (C=O) groups is 3. The third kappa shape index (κ3) is 3.27. The van der Waals surface area contributed by atoms with Gasteiger partial charge in [0.25, 0.3) is 11.7 Å². The molecule has 0 aromatic rings. The second-order valence-electron chi connectivity index (χ2n) is 7.06. The summed E-state index contributed by atoms with van der Waals surface area (Å²) in [6.07, 6.45) is 1.57. The molecular weight excluding hydrogens is 336 g/mol. The Morgan fingerprint density at radius 3 is 2.38 bits per heavy atom. The second-order valence-corrected chi connectivity index (χ2v) is 7.06. The first kappa shape index (κ1) is 19.8. The van der Waals surface area contributed by atoms with Crippen LogP contribution in [0.3, 0.4) is 0 Å². The molecule has 0 aliphatic carbocycles. The van der Waals surface area contributed by atoms with Gasteiger partial charge in [-0.3, -0.25) is 9.59 Å². The van der Waals surface area contributed by atoms with E-state index in [4.69, 9.17) is 4.74 Å². The Morgan fingerprint density at radius 1 is 1.31 bits per heavy atom. The predicted molar refractivity (Wildman–Crippen MR) is 97.1 cm³/mol. The van der Waals surface area contributed by atoms with Crippen molar-refractivity contribution in [1.29, 1.82) is 0 Å². The molecule has 0 aromatic carbocycles. The Bertz CT molecular complexity index is 725. The maximum atomic E-state index is 13.0. The molecule has 0 radical (unpaired) electrons. The number of amides is 4. The van der Waals surface area contributed by atoms with E-state index in [1.54, 1.807) is 25.1 Å². The van der Waals surface area contributed by atoms with E-state index < -0.39 is 17.9 Å². The molecule has 0 bridgehead atoms. The lowest BCUT2D eigenvalue weighted by Crippen LogP contribution is -2.58. The van der Waals surface area contributed by atoms with Crippen LogP contribution in [0.1, 0.15) is 34.6 Å². The van der Waals surface area contributed by atoms with Crippen molar-refractivity contribution >= 4 is 29.9 Å². The molecule has 0 spiro atoms. The Morgan fingerprint density at radius 2 is 1.88 bits per heavy atom. The molecule has 0 N–H and O–H groups in total. The number of hydrogen-bond acceptors (Lipinski definition) is 5. The number of fused-ring (bicyclic) bond motifs is 1. The number of nitrogens with zero attached hydrogens (tertiary/aromatic N) is 4. The van der Waals surface area contributed by atoms with E-state index >= 15 is 0 Å². The summed E-state index contributed by atoms with van der Waals surface area (Å²) in [7, 11) is 3.02. The molecule has 2 aliphatic heterocycles. The topological polar surface area (TPSA) is 82.3 Å².